The molecule has 0 fully saturated rings. The molecular weight excluding hydrogens is 361 g/mol. The average molecular weight is 380 g/mol. The lowest BCUT2D eigenvalue weighted by Crippen LogP contribution is -2.22. The zero-order valence-corrected chi connectivity index (χ0v) is 15.3. The summed E-state index contributed by atoms with van der Waals surface area (Å²) in [4.78, 5) is 18.9. The lowest BCUT2D eigenvalue weighted by Gasteiger charge is -2.12. The molecule has 7 heteroatoms. The molecule has 0 saturated carbocycles. The van der Waals surface area contributed by atoms with Gasteiger partial charge in [-0.25, -0.2) is 14.2 Å². The fraction of sp³-hybridized carbons (Fsp3) is 0.190. The Kier molecular flexibility index (Phi) is 4.89. The van der Waals surface area contributed by atoms with Crippen LogP contribution in [0.3, 0.4) is 0 Å². The first-order valence-corrected chi connectivity index (χ1v) is 8.88. The van der Waals surface area contributed by atoms with E-state index in [1.165, 1.54) is 23.8 Å². The van der Waals surface area contributed by atoms with Gasteiger partial charge in [0.2, 0.25) is 0 Å². The Morgan fingerprint density at radius 2 is 2.14 bits per heavy atom. The van der Waals surface area contributed by atoms with Gasteiger partial charge in [0, 0.05) is 36.3 Å². The monoisotopic (exact) mass is 380 g/mol. The first kappa shape index (κ1) is 17.9. The number of hydrogen-bond acceptors (Lipinski definition) is 4. The minimum atomic E-state index is -0.375. The summed E-state index contributed by atoms with van der Waals surface area (Å²) in [5, 5.41) is 0.960. The van der Waals surface area contributed by atoms with E-state index >= 15 is 0 Å². The van der Waals surface area contributed by atoms with Crippen LogP contribution in [0.5, 0.6) is 11.5 Å². The van der Waals surface area contributed by atoms with E-state index in [4.69, 9.17) is 9.47 Å². The number of aromatic amines is 1. The molecule has 6 nitrogen and oxygen atoms in total. The molecule has 2 aromatic heterocycles. The van der Waals surface area contributed by atoms with Gasteiger partial charge < -0.3 is 14.5 Å². The van der Waals surface area contributed by atoms with Gasteiger partial charge in [-0.3, -0.25) is 0 Å². The molecular formula is C21H19FN3O3+. The quantitative estimate of drug-likeness (QED) is 0.640. The minimum Gasteiger partial charge on any atom is -0.493 e. The summed E-state index contributed by atoms with van der Waals surface area (Å²) in [6.45, 7) is 0.605. The van der Waals surface area contributed by atoms with E-state index in [1.54, 1.807) is 24.6 Å². The molecule has 1 aliphatic rings. The summed E-state index contributed by atoms with van der Waals surface area (Å²) in [5.74, 6) is 0.290. The molecule has 0 aliphatic carbocycles. The number of amides is 1. The second kappa shape index (κ2) is 7.64. The van der Waals surface area contributed by atoms with Gasteiger partial charge >= 0.3 is 5.91 Å². The molecule has 0 bridgehead atoms. The van der Waals surface area contributed by atoms with Crippen molar-refractivity contribution in [1.82, 2.24) is 9.97 Å². The van der Waals surface area contributed by atoms with Crippen LogP contribution in [0.15, 0.2) is 48.8 Å². The highest BCUT2D eigenvalue weighted by atomic mass is 19.1. The number of nitrogens with one attached hydrogen (secondary N) is 1. The molecule has 4 rings (SSSR count). The highest BCUT2D eigenvalue weighted by Gasteiger charge is 2.19. The summed E-state index contributed by atoms with van der Waals surface area (Å²) in [5.41, 5.74) is 2.22. The topological polar surface area (TPSA) is 67.2 Å². The highest BCUT2D eigenvalue weighted by Crippen LogP contribution is 2.32. The lowest BCUT2D eigenvalue weighted by molar-refractivity contribution is -0.438. The Morgan fingerprint density at radius 1 is 1.25 bits per heavy atom. The lowest BCUT2D eigenvalue weighted by atomic mass is 10.0. The van der Waals surface area contributed by atoms with Crippen molar-refractivity contribution in [2.75, 3.05) is 20.3 Å². The number of halogens is 1. The average Bonchev–Trinajstić information content (AvgIpc) is 3.30. The number of carbonyl (C=O) groups is 1. The largest absolute Gasteiger partial charge is 0.493 e. The van der Waals surface area contributed by atoms with E-state index in [9.17, 15) is 9.18 Å². The number of fused-ring (bicyclic) bond motifs is 1. The first-order valence-electron chi connectivity index (χ1n) is 8.88. The molecule has 3 heterocycles. The fourth-order valence-corrected chi connectivity index (χ4v) is 3.19. The van der Waals surface area contributed by atoms with Gasteiger partial charge in [-0.2, -0.15) is 4.58 Å². The van der Waals surface area contributed by atoms with Gasteiger partial charge in [0.1, 0.15) is 18.1 Å². The maximum absolute atomic E-state index is 14.7. The van der Waals surface area contributed by atoms with Gasteiger partial charge in [0.15, 0.2) is 24.3 Å². The smallest absolute Gasteiger partial charge is 0.412 e. The van der Waals surface area contributed by atoms with Crippen LogP contribution in [-0.2, 0) is 11.2 Å². The van der Waals surface area contributed by atoms with Gasteiger partial charge in [0.25, 0.3) is 0 Å². The summed E-state index contributed by atoms with van der Waals surface area (Å²) in [6, 6.07) is 6.78. The molecule has 0 atom stereocenters. The van der Waals surface area contributed by atoms with Crippen molar-refractivity contribution in [1.29, 1.82) is 0 Å². The Hall–Kier alpha value is -3.48. The number of H-pyrrole nitrogens is 1. The van der Waals surface area contributed by atoms with E-state index in [2.05, 4.69) is 9.97 Å². The predicted molar refractivity (Wildman–Crippen MR) is 103 cm³/mol. The number of rotatable bonds is 7. The summed E-state index contributed by atoms with van der Waals surface area (Å²) >= 11 is 0. The molecule has 1 aliphatic heterocycles. The van der Waals surface area contributed by atoms with Gasteiger partial charge in [-0.15, -0.1) is 0 Å². The number of methoxy groups -OCH3 is 1. The molecule has 28 heavy (non-hydrogen) atoms. The van der Waals surface area contributed by atoms with Crippen molar-refractivity contribution in [3.05, 3.63) is 65.8 Å². The molecule has 0 radical (unpaired) electrons. The van der Waals surface area contributed by atoms with Crippen molar-refractivity contribution in [2.24, 2.45) is 0 Å². The highest BCUT2D eigenvalue weighted by molar-refractivity contribution is 5.93. The standard InChI is InChI=1S/C21H18FN3O3/c1-27-18-11-14(10-15-13-24-21-16(15)4-2-6-23-21)17(22)12-19(18)28-9-8-25-7-3-5-20(25)26/h2-7,11-13H,8-10H2,1H3/p+1. The molecule has 1 aromatic carbocycles. The van der Waals surface area contributed by atoms with Crippen LogP contribution in [0.25, 0.3) is 11.0 Å². The first-order chi connectivity index (χ1) is 13.7. The van der Waals surface area contributed by atoms with Crippen LogP contribution < -0.4 is 9.47 Å². The number of aromatic nitrogens is 2. The van der Waals surface area contributed by atoms with Crippen LogP contribution in [0.2, 0.25) is 0 Å². The number of ether oxygens (including phenoxy) is 2. The van der Waals surface area contributed by atoms with Gasteiger partial charge in [-0.05, 0) is 29.3 Å². The second-order valence-electron chi connectivity index (χ2n) is 6.37. The number of benzene rings is 1. The predicted octanol–water partition coefficient (Wildman–Crippen LogP) is 2.86. The van der Waals surface area contributed by atoms with Gasteiger partial charge in [-0.1, -0.05) is 0 Å². The third-order valence-corrected chi connectivity index (χ3v) is 4.63. The normalized spacial score (nSPS) is 13.2. The molecule has 142 valence electrons. The van der Waals surface area contributed by atoms with Gasteiger partial charge in [0.05, 0.1) is 13.2 Å². The third kappa shape index (κ3) is 3.51. The molecule has 0 saturated heterocycles. The maximum Gasteiger partial charge on any atom is 0.412 e. The number of pyridine rings is 1. The van der Waals surface area contributed by atoms with E-state index in [0.717, 1.165) is 16.6 Å². The van der Waals surface area contributed by atoms with Crippen LogP contribution in [0.1, 0.15) is 11.1 Å². The third-order valence-electron chi connectivity index (χ3n) is 4.63. The Balaban J connectivity index is 1.51. The summed E-state index contributed by atoms with van der Waals surface area (Å²) in [7, 11) is 1.52. The van der Waals surface area contributed by atoms with E-state index in [-0.39, 0.29) is 18.3 Å². The summed E-state index contributed by atoms with van der Waals surface area (Å²) in [6.07, 6.45) is 8.79. The van der Waals surface area contributed by atoms with Crippen molar-refractivity contribution in [3.8, 4) is 11.5 Å². The molecule has 1 amide bonds. The minimum absolute atomic E-state index is 0.0923. The number of carbonyl (C=O) groups excluding carboxylic acids is 1. The van der Waals surface area contributed by atoms with Crippen LogP contribution in [-0.4, -0.2) is 46.9 Å². The van der Waals surface area contributed by atoms with Crippen LogP contribution in [0, 0.1) is 5.82 Å². The molecule has 0 unspecified atom stereocenters. The zero-order valence-electron chi connectivity index (χ0n) is 15.3. The fourth-order valence-electron chi connectivity index (χ4n) is 3.19. The van der Waals surface area contributed by atoms with E-state index in [0.29, 0.717) is 30.0 Å². The molecule has 3 aromatic rings. The maximum atomic E-state index is 14.7. The van der Waals surface area contributed by atoms with Crippen molar-refractivity contribution >= 4 is 23.2 Å². The zero-order chi connectivity index (χ0) is 19.5. The van der Waals surface area contributed by atoms with Crippen molar-refractivity contribution in [3.63, 3.8) is 0 Å². The SMILES string of the molecule is COc1cc(Cc2c[nH]c3ncccc23)c(F)cc1OCC[N+]1=CC=CC1=O. The van der Waals surface area contributed by atoms with Crippen molar-refractivity contribution < 1.29 is 23.2 Å². The Morgan fingerprint density at radius 3 is 2.93 bits per heavy atom. The van der Waals surface area contributed by atoms with Crippen molar-refractivity contribution in [2.45, 2.75) is 6.42 Å². The van der Waals surface area contributed by atoms with E-state index in [1.807, 2.05) is 18.3 Å². The van der Waals surface area contributed by atoms with Crippen LogP contribution >= 0.6 is 0 Å². The summed E-state index contributed by atoms with van der Waals surface area (Å²) < 4.78 is 27.3. The Bertz CT molecular complexity index is 1100. The van der Waals surface area contributed by atoms with Crippen LogP contribution in [0.4, 0.5) is 4.39 Å². The molecule has 0 spiro atoms. The second-order valence-corrected chi connectivity index (χ2v) is 6.37. The molecule has 1 N–H and O–H groups in total. The number of allylic oxidation sites excluding steroid dienone is 1. The number of nitrogens with zero attached hydrogens (tertiary/aromatic N) is 2. The van der Waals surface area contributed by atoms with E-state index < -0.39 is 0 Å². The Labute approximate surface area is 160 Å². The number of hydrogen-bond donors (Lipinski definition) is 1.